The number of para-hydroxylation sites is 2. The SMILES string of the molecule is CSc1ccc(-c2ccc(-c3nc4ccccc4[nH]3)c(O)c2)cc1. The third-order valence-electron chi connectivity index (χ3n) is 4.07. The van der Waals surface area contributed by atoms with Gasteiger partial charge in [-0.2, -0.15) is 0 Å². The van der Waals surface area contributed by atoms with Crippen molar-refractivity contribution in [1.82, 2.24) is 9.97 Å². The predicted molar refractivity (Wildman–Crippen MR) is 100 cm³/mol. The van der Waals surface area contributed by atoms with Crippen LogP contribution < -0.4 is 0 Å². The lowest BCUT2D eigenvalue weighted by Crippen LogP contribution is -1.84. The molecule has 0 saturated heterocycles. The quantitative estimate of drug-likeness (QED) is 0.499. The number of fused-ring (bicyclic) bond motifs is 1. The van der Waals surface area contributed by atoms with Crippen LogP contribution in [0.25, 0.3) is 33.5 Å². The lowest BCUT2D eigenvalue weighted by atomic mass is 10.0. The molecule has 0 saturated carbocycles. The lowest BCUT2D eigenvalue weighted by molar-refractivity contribution is 0.477. The number of rotatable bonds is 3. The third-order valence-corrected chi connectivity index (χ3v) is 4.81. The second kappa shape index (κ2) is 6.06. The number of imidazole rings is 1. The van der Waals surface area contributed by atoms with Crippen molar-refractivity contribution in [3.05, 3.63) is 66.7 Å². The van der Waals surface area contributed by atoms with Crippen LogP contribution in [0.2, 0.25) is 0 Å². The molecule has 1 heterocycles. The molecule has 0 aliphatic rings. The highest BCUT2D eigenvalue weighted by Gasteiger charge is 2.11. The summed E-state index contributed by atoms with van der Waals surface area (Å²) in [4.78, 5) is 9.03. The third kappa shape index (κ3) is 2.65. The first kappa shape index (κ1) is 14.8. The van der Waals surface area contributed by atoms with E-state index in [1.54, 1.807) is 17.8 Å². The van der Waals surface area contributed by atoms with Crippen molar-refractivity contribution in [2.24, 2.45) is 0 Å². The predicted octanol–water partition coefficient (Wildman–Crippen LogP) is 5.32. The Morgan fingerprint density at radius 3 is 2.38 bits per heavy atom. The number of thioether (sulfide) groups is 1. The molecule has 3 nitrogen and oxygen atoms in total. The first-order chi connectivity index (χ1) is 11.7. The maximum Gasteiger partial charge on any atom is 0.142 e. The van der Waals surface area contributed by atoms with Gasteiger partial charge in [0, 0.05) is 4.90 Å². The van der Waals surface area contributed by atoms with E-state index in [9.17, 15) is 5.11 Å². The number of phenolic OH excluding ortho intramolecular Hbond substituents is 1. The van der Waals surface area contributed by atoms with Crippen LogP contribution >= 0.6 is 11.8 Å². The number of hydrogen-bond acceptors (Lipinski definition) is 3. The number of phenols is 1. The summed E-state index contributed by atoms with van der Waals surface area (Å²) in [5.41, 5.74) is 4.63. The topological polar surface area (TPSA) is 48.9 Å². The highest BCUT2D eigenvalue weighted by atomic mass is 32.2. The van der Waals surface area contributed by atoms with Crippen LogP contribution in [0.1, 0.15) is 0 Å². The Kier molecular flexibility index (Phi) is 3.75. The van der Waals surface area contributed by atoms with Crippen LogP contribution in [0.15, 0.2) is 71.6 Å². The molecule has 3 aromatic carbocycles. The Bertz CT molecular complexity index is 973. The second-order valence-corrected chi connectivity index (χ2v) is 6.44. The van der Waals surface area contributed by atoms with Crippen molar-refractivity contribution in [3.63, 3.8) is 0 Å². The first-order valence-corrected chi connectivity index (χ1v) is 8.89. The Hall–Kier alpha value is -2.72. The van der Waals surface area contributed by atoms with E-state index in [4.69, 9.17) is 0 Å². The Labute approximate surface area is 144 Å². The zero-order chi connectivity index (χ0) is 16.5. The van der Waals surface area contributed by atoms with Gasteiger partial charge in [-0.05, 0) is 53.8 Å². The summed E-state index contributed by atoms with van der Waals surface area (Å²) in [6.07, 6.45) is 2.06. The highest BCUT2D eigenvalue weighted by Crippen LogP contribution is 2.33. The minimum atomic E-state index is 0.223. The number of aromatic nitrogens is 2. The molecule has 1 aromatic heterocycles. The number of aromatic amines is 1. The molecule has 2 N–H and O–H groups in total. The maximum atomic E-state index is 10.5. The van der Waals surface area contributed by atoms with Crippen LogP contribution in [-0.4, -0.2) is 21.3 Å². The standard InChI is InChI=1S/C20H16N2OS/c1-24-15-9-6-13(7-10-15)14-8-11-16(19(23)12-14)20-21-17-4-2-3-5-18(17)22-20/h2-12,23H,1H3,(H,21,22). The fraction of sp³-hybridized carbons (Fsp3) is 0.0500. The molecule has 0 atom stereocenters. The molecule has 0 aliphatic heterocycles. The van der Waals surface area contributed by atoms with Gasteiger partial charge in [0.25, 0.3) is 0 Å². The van der Waals surface area contributed by atoms with Gasteiger partial charge in [0.1, 0.15) is 11.6 Å². The second-order valence-electron chi connectivity index (χ2n) is 5.56. The van der Waals surface area contributed by atoms with Crippen molar-refractivity contribution in [2.45, 2.75) is 4.90 Å². The van der Waals surface area contributed by atoms with Gasteiger partial charge in [-0.25, -0.2) is 4.98 Å². The summed E-state index contributed by atoms with van der Waals surface area (Å²) in [5.74, 6) is 0.901. The molecule has 0 bridgehead atoms. The van der Waals surface area contributed by atoms with Crippen LogP contribution in [0.5, 0.6) is 5.75 Å². The van der Waals surface area contributed by atoms with Crippen molar-refractivity contribution in [2.75, 3.05) is 6.26 Å². The fourth-order valence-electron chi connectivity index (χ4n) is 2.78. The summed E-state index contributed by atoms with van der Waals surface area (Å²) in [5, 5.41) is 10.5. The van der Waals surface area contributed by atoms with Crippen molar-refractivity contribution < 1.29 is 5.11 Å². The van der Waals surface area contributed by atoms with Crippen LogP contribution in [0.3, 0.4) is 0 Å². The summed E-state index contributed by atoms with van der Waals surface area (Å²) < 4.78 is 0. The van der Waals surface area contributed by atoms with E-state index in [0.717, 1.165) is 22.2 Å². The Morgan fingerprint density at radius 1 is 0.917 bits per heavy atom. The molecule has 4 aromatic rings. The highest BCUT2D eigenvalue weighted by molar-refractivity contribution is 7.98. The van der Waals surface area contributed by atoms with Gasteiger partial charge >= 0.3 is 0 Å². The Balaban J connectivity index is 1.73. The van der Waals surface area contributed by atoms with E-state index in [0.29, 0.717) is 11.4 Å². The molecule has 4 rings (SSSR count). The number of hydrogen-bond donors (Lipinski definition) is 2. The number of nitrogens with zero attached hydrogens (tertiary/aromatic N) is 1. The van der Waals surface area contributed by atoms with Gasteiger partial charge in [-0.3, -0.25) is 0 Å². The number of H-pyrrole nitrogens is 1. The molecule has 0 unspecified atom stereocenters. The largest absolute Gasteiger partial charge is 0.507 e. The molecule has 118 valence electrons. The van der Waals surface area contributed by atoms with Crippen LogP contribution in [-0.2, 0) is 0 Å². The van der Waals surface area contributed by atoms with Gasteiger partial charge in [0.05, 0.1) is 16.6 Å². The van der Waals surface area contributed by atoms with E-state index < -0.39 is 0 Å². The molecule has 0 amide bonds. The summed E-state index contributed by atoms with van der Waals surface area (Å²) >= 11 is 1.72. The van der Waals surface area contributed by atoms with Crippen LogP contribution in [0.4, 0.5) is 0 Å². The maximum absolute atomic E-state index is 10.5. The molecular weight excluding hydrogens is 316 g/mol. The van der Waals surface area contributed by atoms with Gasteiger partial charge in [-0.1, -0.05) is 30.3 Å². The van der Waals surface area contributed by atoms with Gasteiger partial charge in [-0.15, -0.1) is 11.8 Å². The lowest BCUT2D eigenvalue weighted by Gasteiger charge is -2.07. The van der Waals surface area contributed by atoms with E-state index in [-0.39, 0.29) is 5.75 Å². The fourth-order valence-corrected chi connectivity index (χ4v) is 3.18. The van der Waals surface area contributed by atoms with Gasteiger partial charge in [0.2, 0.25) is 0 Å². The average Bonchev–Trinajstić information content (AvgIpc) is 3.05. The van der Waals surface area contributed by atoms with Crippen LogP contribution in [0, 0.1) is 0 Å². The average molecular weight is 332 g/mol. The minimum absolute atomic E-state index is 0.223. The zero-order valence-corrected chi connectivity index (χ0v) is 14.0. The summed E-state index contributed by atoms with van der Waals surface area (Å²) in [6, 6.07) is 21.9. The zero-order valence-electron chi connectivity index (χ0n) is 13.2. The van der Waals surface area contributed by atoms with Gasteiger partial charge in [0.15, 0.2) is 0 Å². The number of nitrogens with one attached hydrogen (secondary N) is 1. The van der Waals surface area contributed by atoms with E-state index in [2.05, 4.69) is 40.5 Å². The molecule has 0 spiro atoms. The Morgan fingerprint density at radius 2 is 1.67 bits per heavy atom. The van der Waals surface area contributed by atoms with E-state index >= 15 is 0 Å². The molecular formula is C20H16N2OS. The normalized spacial score (nSPS) is 11.0. The monoisotopic (exact) mass is 332 g/mol. The first-order valence-electron chi connectivity index (χ1n) is 7.67. The van der Waals surface area contributed by atoms with E-state index in [1.165, 1.54) is 4.90 Å². The summed E-state index contributed by atoms with van der Waals surface area (Å²) in [6.45, 7) is 0. The number of aromatic hydroxyl groups is 1. The molecule has 0 radical (unpaired) electrons. The van der Waals surface area contributed by atoms with Crippen molar-refractivity contribution in [1.29, 1.82) is 0 Å². The van der Waals surface area contributed by atoms with E-state index in [1.807, 2.05) is 36.4 Å². The molecule has 24 heavy (non-hydrogen) atoms. The molecule has 0 aliphatic carbocycles. The smallest absolute Gasteiger partial charge is 0.142 e. The minimum Gasteiger partial charge on any atom is -0.507 e. The number of benzene rings is 3. The molecule has 4 heteroatoms. The van der Waals surface area contributed by atoms with Crippen molar-refractivity contribution >= 4 is 22.8 Å². The molecule has 0 fully saturated rings. The van der Waals surface area contributed by atoms with Crippen molar-refractivity contribution in [3.8, 4) is 28.3 Å². The van der Waals surface area contributed by atoms with Gasteiger partial charge < -0.3 is 10.1 Å². The summed E-state index contributed by atoms with van der Waals surface area (Å²) in [7, 11) is 0.